The third-order valence-electron chi connectivity index (χ3n) is 9.13. The number of carbonyl (C=O) groups excluding carboxylic acids is 3. The average molecular weight is 803 g/mol. The summed E-state index contributed by atoms with van der Waals surface area (Å²) in [6.07, 6.45) is 4.09. The highest BCUT2D eigenvalue weighted by atomic mass is 16.6. The van der Waals surface area contributed by atoms with E-state index in [9.17, 15) is 29.9 Å². The van der Waals surface area contributed by atoms with E-state index in [1.807, 2.05) is 55.9 Å². The molecule has 0 amide bonds. The molecule has 14 heteroatoms. The number of nitrogens with zero attached hydrogens (tertiary/aromatic N) is 6. The molecule has 0 bridgehead atoms. The molecule has 0 heterocycles. The largest absolute Gasteiger partial charge is 0.470 e. The summed E-state index contributed by atoms with van der Waals surface area (Å²) in [5.41, 5.74) is 1.94. The molecular formula is C45H50N6O8. The molecule has 0 aliphatic carbocycles. The molecule has 0 saturated carbocycles. The number of anilines is 3. The standard InChI is InChI=1S/C45H50N6O8/c1-8-51(9-2)39-20-14-33(15-21-39)26-36(29-46)42(54)57-30-45(3,31-58-43(55)40(47-4)27-34-10-16-37(17-11-34)49(6)22-24-52)32-59-44(56)41(48-5)28-35-12-18-38(19-13-35)50(7)23-25-53/h10-21,26-28,52-53H,8-9,22-25,30-32H2,1-3,6-7H3/b36-26+,40-27-,41-28-. The fourth-order valence-electron chi connectivity index (χ4n) is 5.54. The Labute approximate surface area is 346 Å². The summed E-state index contributed by atoms with van der Waals surface area (Å²) >= 11 is 0. The summed E-state index contributed by atoms with van der Waals surface area (Å²) in [5, 5.41) is 28.3. The third kappa shape index (κ3) is 14.2. The van der Waals surface area contributed by atoms with Crippen molar-refractivity contribution in [1.29, 1.82) is 5.26 Å². The van der Waals surface area contributed by atoms with E-state index in [0.29, 0.717) is 29.8 Å². The average Bonchev–Trinajstić information content (AvgIpc) is 3.25. The van der Waals surface area contributed by atoms with Gasteiger partial charge in [-0.2, -0.15) is 5.26 Å². The molecule has 0 aliphatic heterocycles. The smallest absolute Gasteiger partial charge is 0.348 e. The number of nitriles is 1. The molecule has 3 aromatic rings. The predicted octanol–water partition coefficient (Wildman–Crippen LogP) is 5.85. The first-order valence-corrected chi connectivity index (χ1v) is 18.8. The van der Waals surface area contributed by atoms with E-state index in [1.165, 1.54) is 25.2 Å². The molecule has 0 aromatic heterocycles. The fraction of sp³-hybridized carbons (Fsp3) is 0.333. The maximum atomic E-state index is 13.2. The predicted molar refractivity (Wildman–Crippen MR) is 227 cm³/mol. The molecular weight excluding hydrogens is 753 g/mol. The maximum Gasteiger partial charge on any atom is 0.348 e. The van der Waals surface area contributed by atoms with Gasteiger partial charge in [-0.15, -0.1) is 0 Å². The highest BCUT2D eigenvalue weighted by Crippen LogP contribution is 2.24. The first kappa shape index (κ1) is 46.5. The molecule has 14 nitrogen and oxygen atoms in total. The summed E-state index contributed by atoms with van der Waals surface area (Å²) in [6, 6.07) is 23.1. The highest BCUT2D eigenvalue weighted by molar-refractivity contribution is 5.98. The second-order valence-corrected chi connectivity index (χ2v) is 13.7. The first-order chi connectivity index (χ1) is 28.3. The van der Waals surface area contributed by atoms with Crippen molar-refractivity contribution in [2.75, 3.05) is 88.0 Å². The van der Waals surface area contributed by atoms with Crippen LogP contribution in [-0.4, -0.2) is 101 Å². The monoisotopic (exact) mass is 802 g/mol. The van der Waals surface area contributed by atoms with Crippen LogP contribution in [0.2, 0.25) is 0 Å². The summed E-state index contributed by atoms with van der Waals surface area (Å²) in [6.45, 7) is 21.8. The number of likely N-dealkylation sites (N-methyl/N-ethyl adjacent to an activating group) is 2. The lowest BCUT2D eigenvalue weighted by Crippen LogP contribution is -2.37. The Morgan fingerprint density at radius 1 is 0.661 bits per heavy atom. The molecule has 3 rings (SSSR count). The van der Waals surface area contributed by atoms with Crippen molar-refractivity contribution in [1.82, 2.24) is 0 Å². The zero-order chi connectivity index (χ0) is 43.4. The van der Waals surface area contributed by atoms with Crippen LogP contribution in [0.15, 0.2) is 89.8 Å². The SMILES string of the molecule is [C-]#[N+]/C(=C\c1ccc(N(C)CCO)cc1)C(=O)OCC(C)(COC(=O)/C(=C/c1ccc(N(C)CCO)cc1)[N+]#[C-])COC(=O)/C(C#N)=C/c1ccc(N(CC)CC)cc1. The third-order valence-corrected chi connectivity index (χ3v) is 9.13. The summed E-state index contributed by atoms with van der Waals surface area (Å²) in [4.78, 5) is 52.1. The van der Waals surface area contributed by atoms with Crippen LogP contribution in [-0.2, 0) is 28.6 Å². The molecule has 0 radical (unpaired) electrons. The lowest BCUT2D eigenvalue weighted by atomic mass is 9.94. The lowest BCUT2D eigenvalue weighted by Gasteiger charge is -2.28. The highest BCUT2D eigenvalue weighted by Gasteiger charge is 2.32. The molecule has 2 N–H and O–H groups in total. The van der Waals surface area contributed by atoms with Gasteiger partial charge in [-0.25, -0.2) is 14.5 Å². The van der Waals surface area contributed by atoms with Crippen LogP contribution in [0, 0.1) is 29.9 Å². The number of esters is 3. The van der Waals surface area contributed by atoms with Crippen molar-refractivity contribution < 1.29 is 38.8 Å². The Morgan fingerprint density at radius 3 is 1.36 bits per heavy atom. The molecule has 0 spiro atoms. The van der Waals surface area contributed by atoms with Crippen molar-refractivity contribution in [3.63, 3.8) is 0 Å². The Hall–Kier alpha value is -6.92. The van der Waals surface area contributed by atoms with Crippen molar-refractivity contribution in [2.24, 2.45) is 5.41 Å². The van der Waals surface area contributed by atoms with Gasteiger partial charge in [-0.1, -0.05) is 36.4 Å². The van der Waals surface area contributed by atoms with Crippen molar-refractivity contribution >= 4 is 53.2 Å². The zero-order valence-electron chi connectivity index (χ0n) is 34.1. The molecule has 59 heavy (non-hydrogen) atoms. The van der Waals surface area contributed by atoms with Gasteiger partial charge >= 0.3 is 17.9 Å². The fourth-order valence-corrected chi connectivity index (χ4v) is 5.54. The van der Waals surface area contributed by atoms with Gasteiger partial charge in [0.25, 0.3) is 11.4 Å². The first-order valence-electron chi connectivity index (χ1n) is 18.8. The normalized spacial score (nSPS) is 12.5. The van der Waals surface area contributed by atoms with Crippen molar-refractivity contribution in [2.45, 2.75) is 20.8 Å². The Kier molecular flexibility index (Phi) is 18.4. The Morgan fingerprint density at radius 2 is 1.02 bits per heavy atom. The maximum absolute atomic E-state index is 13.2. The minimum atomic E-state index is -1.40. The molecule has 308 valence electrons. The van der Waals surface area contributed by atoms with Crippen LogP contribution in [0.3, 0.4) is 0 Å². The number of aliphatic hydroxyl groups is 2. The van der Waals surface area contributed by atoms with Gasteiger partial charge in [0.15, 0.2) is 0 Å². The number of hydrogen-bond acceptors (Lipinski definition) is 12. The van der Waals surface area contributed by atoms with Gasteiger partial charge < -0.3 is 39.1 Å². The van der Waals surface area contributed by atoms with E-state index in [2.05, 4.69) is 14.6 Å². The van der Waals surface area contributed by atoms with Crippen LogP contribution >= 0.6 is 0 Å². The number of benzene rings is 3. The molecule has 0 aliphatic rings. The second-order valence-electron chi connectivity index (χ2n) is 13.7. The minimum absolute atomic E-state index is 0.0253. The molecule has 3 aromatic carbocycles. The lowest BCUT2D eigenvalue weighted by molar-refractivity contribution is -0.155. The van der Waals surface area contributed by atoms with Gasteiger partial charge in [-0.3, -0.25) is 9.59 Å². The Bertz CT molecular complexity index is 2000. The van der Waals surface area contributed by atoms with Crippen molar-refractivity contribution in [3.8, 4) is 6.07 Å². The number of hydrogen-bond donors (Lipinski definition) is 2. The quantitative estimate of drug-likeness (QED) is 0.0435. The molecule has 0 unspecified atom stereocenters. The number of aliphatic hydroxyl groups excluding tert-OH is 2. The van der Waals surface area contributed by atoms with E-state index in [0.717, 1.165) is 30.2 Å². The number of rotatable bonds is 21. The van der Waals surface area contributed by atoms with E-state index < -0.39 is 43.1 Å². The summed E-state index contributed by atoms with van der Waals surface area (Å²) in [7, 11) is 3.63. The second kappa shape index (κ2) is 23.3. The molecule has 0 saturated heterocycles. The van der Waals surface area contributed by atoms with Gasteiger partial charge in [0.2, 0.25) is 0 Å². The van der Waals surface area contributed by atoms with Gasteiger partial charge in [0, 0.05) is 57.3 Å². The van der Waals surface area contributed by atoms with Crippen molar-refractivity contribution in [3.05, 3.63) is 129 Å². The Balaban J connectivity index is 1.83. The molecule has 0 atom stereocenters. The van der Waals surface area contributed by atoms with Gasteiger partial charge in [0.05, 0.1) is 31.8 Å². The zero-order valence-corrected chi connectivity index (χ0v) is 34.1. The topological polar surface area (TPSA) is 162 Å². The van der Waals surface area contributed by atoms with Crippen LogP contribution in [0.1, 0.15) is 37.5 Å². The van der Waals surface area contributed by atoms with Crippen LogP contribution in [0.5, 0.6) is 0 Å². The number of carbonyl (C=O) groups is 3. The summed E-state index contributed by atoms with van der Waals surface area (Å²) < 4.78 is 16.6. The van der Waals surface area contributed by atoms with E-state index in [1.54, 1.807) is 60.7 Å². The van der Waals surface area contributed by atoms with E-state index in [-0.39, 0.29) is 30.2 Å². The van der Waals surface area contributed by atoms with Crippen LogP contribution < -0.4 is 14.7 Å². The van der Waals surface area contributed by atoms with E-state index >= 15 is 0 Å². The van der Waals surface area contributed by atoms with Crippen LogP contribution in [0.4, 0.5) is 17.1 Å². The van der Waals surface area contributed by atoms with Gasteiger partial charge in [-0.05, 0) is 92.1 Å². The van der Waals surface area contributed by atoms with E-state index in [4.69, 9.17) is 27.4 Å². The van der Waals surface area contributed by atoms with Crippen LogP contribution in [0.25, 0.3) is 27.9 Å². The number of ether oxygens (including phenoxy) is 3. The van der Waals surface area contributed by atoms with Gasteiger partial charge in [0.1, 0.15) is 31.5 Å². The molecule has 0 fully saturated rings. The minimum Gasteiger partial charge on any atom is -0.470 e. The summed E-state index contributed by atoms with van der Waals surface area (Å²) in [5.74, 6) is -2.93.